The highest BCUT2D eigenvalue weighted by Gasteiger charge is 2.27. The van der Waals surface area contributed by atoms with Crippen LogP contribution in [-0.4, -0.2) is 41.3 Å². The van der Waals surface area contributed by atoms with E-state index >= 15 is 0 Å². The number of anilines is 1. The summed E-state index contributed by atoms with van der Waals surface area (Å²) in [7, 11) is 0. The summed E-state index contributed by atoms with van der Waals surface area (Å²) in [5, 5.41) is 5.71. The van der Waals surface area contributed by atoms with Crippen molar-refractivity contribution in [2.75, 3.05) is 25.0 Å². The van der Waals surface area contributed by atoms with Gasteiger partial charge in [0.1, 0.15) is 11.6 Å². The third kappa shape index (κ3) is 5.85. The van der Waals surface area contributed by atoms with E-state index in [-0.39, 0.29) is 30.1 Å². The lowest BCUT2D eigenvalue weighted by molar-refractivity contribution is -0.125. The van der Waals surface area contributed by atoms with Crippen LogP contribution in [0.3, 0.4) is 0 Å². The van der Waals surface area contributed by atoms with Crippen LogP contribution < -0.4 is 10.6 Å². The first kappa shape index (κ1) is 19.9. The largest absolute Gasteiger partial charge is 0.351 e. The molecule has 1 saturated heterocycles. The molecule has 0 aliphatic carbocycles. The summed E-state index contributed by atoms with van der Waals surface area (Å²) in [6.07, 6.45) is 1.66. The lowest BCUT2D eigenvalue weighted by Crippen LogP contribution is -2.45. The van der Waals surface area contributed by atoms with Gasteiger partial charge in [-0.15, -0.1) is 0 Å². The molecule has 2 N–H and O–H groups in total. The van der Waals surface area contributed by atoms with E-state index in [4.69, 9.17) is 0 Å². The van der Waals surface area contributed by atoms with Gasteiger partial charge in [0, 0.05) is 18.8 Å². The zero-order valence-electron chi connectivity index (χ0n) is 16.0. The number of nitrogens with one attached hydrogen (secondary N) is 2. The maximum absolute atomic E-state index is 12.9. The zero-order valence-corrected chi connectivity index (χ0v) is 16.0. The molecule has 3 rings (SSSR count). The molecule has 1 aromatic carbocycles. The van der Waals surface area contributed by atoms with E-state index in [2.05, 4.69) is 15.6 Å². The van der Waals surface area contributed by atoms with Crippen LogP contribution in [0.25, 0.3) is 0 Å². The predicted octanol–water partition coefficient (Wildman–Crippen LogP) is 2.50. The Morgan fingerprint density at radius 2 is 2.00 bits per heavy atom. The first-order valence-electron chi connectivity index (χ1n) is 9.47. The quantitative estimate of drug-likeness (QED) is 0.803. The van der Waals surface area contributed by atoms with Crippen molar-refractivity contribution < 1.29 is 14.0 Å². The number of aryl methyl sites for hydroxylation is 1. The van der Waals surface area contributed by atoms with Crippen LogP contribution in [0.4, 0.5) is 10.2 Å². The highest BCUT2D eigenvalue weighted by atomic mass is 19.1. The van der Waals surface area contributed by atoms with Gasteiger partial charge in [-0.3, -0.25) is 14.5 Å². The second-order valence-corrected chi connectivity index (χ2v) is 7.13. The minimum Gasteiger partial charge on any atom is -0.351 e. The lowest BCUT2D eigenvalue weighted by Gasteiger charge is -2.31. The lowest BCUT2D eigenvalue weighted by atomic mass is 9.97. The molecule has 1 fully saturated rings. The molecule has 7 heteroatoms. The van der Waals surface area contributed by atoms with Gasteiger partial charge in [0.2, 0.25) is 11.8 Å². The molecule has 1 atom stereocenters. The summed E-state index contributed by atoms with van der Waals surface area (Å²) in [5.41, 5.74) is 1.69. The molecular weight excluding hydrogens is 359 g/mol. The monoisotopic (exact) mass is 384 g/mol. The summed E-state index contributed by atoms with van der Waals surface area (Å²) in [6, 6.07) is 11.6. The molecule has 0 saturated carbocycles. The van der Waals surface area contributed by atoms with Crippen molar-refractivity contribution in [3.63, 3.8) is 0 Å². The Balaban J connectivity index is 1.46. The first-order valence-corrected chi connectivity index (χ1v) is 9.47. The van der Waals surface area contributed by atoms with E-state index in [1.165, 1.54) is 12.1 Å². The Hall–Kier alpha value is -2.80. The predicted molar refractivity (Wildman–Crippen MR) is 105 cm³/mol. The molecule has 2 amide bonds. The van der Waals surface area contributed by atoms with Crippen LogP contribution in [0.5, 0.6) is 0 Å². The van der Waals surface area contributed by atoms with Crippen molar-refractivity contribution in [3.8, 4) is 0 Å². The normalized spacial score (nSPS) is 17.1. The molecule has 2 aromatic rings. The van der Waals surface area contributed by atoms with Crippen LogP contribution >= 0.6 is 0 Å². The average Bonchev–Trinajstić information content (AvgIpc) is 2.68. The van der Waals surface area contributed by atoms with E-state index in [1.807, 2.05) is 24.0 Å². The van der Waals surface area contributed by atoms with E-state index < -0.39 is 0 Å². The van der Waals surface area contributed by atoms with Crippen molar-refractivity contribution in [1.29, 1.82) is 0 Å². The first-order chi connectivity index (χ1) is 13.5. The minimum absolute atomic E-state index is 0.0606. The maximum Gasteiger partial charge on any atom is 0.234 e. The molecule has 2 heterocycles. The Bertz CT molecular complexity index is 825. The third-order valence-electron chi connectivity index (χ3n) is 4.79. The number of hydrogen-bond acceptors (Lipinski definition) is 4. The van der Waals surface area contributed by atoms with Gasteiger partial charge < -0.3 is 10.6 Å². The topological polar surface area (TPSA) is 74.3 Å². The zero-order chi connectivity index (χ0) is 19.9. The van der Waals surface area contributed by atoms with Gasteiger partial charge in [0.05, 0.1) is 12.5 Å². The van der Waals surface area contributed by atoms with Crippen molar-refractivity contribution in [3.05, 3.63) is 59.5 Å². The molecule has 0 spiro atoms. The second kappa shape index (κ2) is 9.41. The van der Waals surface area contributed by atoms with Gasteiger partial charge in [-0.2, -0.15) is 0 Å². The Labute approximate surface area is 164 Å². The fourth-order valence-electron chi connectivity index (χ4n) is 3.32. The van der Waals surface area contributed by atoms with Gasteiger partial charge in [-0.1, -0.05) is 18.2 Å². The number of hydrogen-bond donors (Lipinski definition) is 2. The highest BCUT2D eigenvalue weighted by molar-refractivity contribution is 5.92. The summed E-state index contributed by atoms with van der Waals surface area (Å²) >= 11 is 0. The molecule has 1 aliphatic heterocycles. The van der Waals surface area contributed by atoms with Gasteiger partial charge in [0.15, 0.2) is 0 Å². The summed E-state index contributed by atoms with van der Waals surface area (Å²) < 4.78 is 12.9. The van der Waals surface area contributed by atoms with Crippen LogP contribution in [0.15, 0.2) is 42.5 Å². The fraction of sp³-hybridized carbons (Fsp3) is 0.381. The van der Waals surface area contributed by atoms with Crippen LogP contribution in [0.1, 0.15) is 24.1 Å². The van der Waals surface area contributed by atoms with Gasteiger partial charge >= 0.3 is 0 Å². The van der Waals surface area contributed by atoms with Crippen molar-refractivity contribution >= 4 is 17.6 Å². The number of benzene rings is 1. The molecule has 148 valence electrons. The SMILES string of the molecule is Cc1cccc(NC(=O)C2CCCN(CC(=O)NCc3ccc(F)cc3)C2)n1. The summed E-state index contributed by atoms with van der Waals surface area (Å²) in [5.74, 6) is -0.0750. The maximum atomic E-state index is 12.9. The Kier molecular flexibility index (Phi) is 6.71. The van der Waals surface area contributed by atoms with Crippen LogP contribution in [0, 0.1) is 18.7 Å². The number of pyridine rings is 1. The fourth-order valence-corrected chi connectivity index (χ4v) is 3.32. The molecule has 28 heavy (non-hydrogen) atoms. The van der Waals surface area contributed by atoms with Gasteiger partial charge in [-0.25, -0.2) is 9.37 Å². The number of likely N-dealkylation sites (tertiary alicyclic amines) is 1. The molecule has 1 unspecified atom stereocenters. The standard InChI is InChI=1S/C21H25FN4O2/c1-15-4-2-6-19(24-15)25-21(28)17-5-3-11-26(13-17)14-20(27)23-12-16-7-9-18(22)10-8-16/h2,4,6-10,17H,3,5,11-14H2,1H3,(H,23,27)(H,24,25,28). The van der Waals surface area contributed by atoms with Crippen LogP contribution in [-0.2, 0) is 16.1 Å². The number of aromatic nitrogens is 1. The molecule has 0 bridgehead atoms. The molecule has 1 aliphatic rings. The summed E-state index contributed by atoms with van der Waals surface area (Å²) in [6.45, 7) is 3.81. The number of nitrogens with zero attached hydrogens (tertiary/aromatic N) is 2. The number of piperidine rings is 1. The van der Waals surface area contributed by atoms with Gasteiger partial charge in [0.25, 0.3) is 0 Å². The highest BCUT2D eigenvalue weighted by Crippen LogP contribution is 2.18. The van der Waals surface area contributed by atoms with E-state index in [0.717, 1.165) is 30.6 Å². The van der Waals surface area contributed by atoms with E-state index in [9.17, 15) is 14.0 Å². The number of halogens is 1. The van der Waals surface area contributed by atoms with Crippen molar-refractivity contribution in [2.45, 2.75) is 26.3 Å². The average molecular weight is 384 g/mol. The number of rotatable bonds is 6. The van der Waals surface area contributed by atoms with Crippen LogP contribution in [0.2, 0.25) is 0 Å². The smallest absolute Gasteiger partial charge is 0.234 e. The minimum atomic E-state index is -0.298. The second-order valence-electron chi connectivity index (χ2n) is 7.13. The van der Waals surface area contributed by atoms with E-state index in [1.54, 1.807) is 18.2 Å². The summed E-state index contributed by atoms with van der Waals surface area (Å²) in [4.78, 5) is 31.1. The third-order valence-corrected chi connectivity index (χ3v) is 4.79. The molecule has 0 radical (unpaired) electrons. The number of amides is 2. The van der Waals surface area contributed by atoms with Crippen molar-refractivity contribution in [1.82, 2.24) is 15.2 Å². The van der Waals surface area contributed by atoms with E-state index in [0.29, 0.717) is 18.9 Å². The van der Waals surface area contributed by atoms with Gasteiger partial charge in [-0.05, 0) is 56.1 Å². The van der Waals surface area contributed by atoms with Crippen molar-refractivity contribution in [2.24, 2.45) is 5.92 Å². The molecular formula is C21H25FN4O2. The molecule has 1 aromatic heterocycles. The Morgan fingerprint density at radius 3 is 2.75 bits per heavy atom. The number of carbonyl (C=O) groups is 2. The Morgan fingerprint density at radius 1 is 1.21 bits per heavy atom. The molecule has 6 nitrogen and oxygen atoms in total. The number of carbonyl (C=O) groups excluding carboxylic acids is 2.